The van der Waals surface area contributed by atoms with E-state index in [1.54, 1.807) is 0 Å². The average molecular weight is 998 g/mol. The van der Waals surface area contributed by atoms with Crippen LogP contribution in [0.15, 0.2) is 121 Å². The van der Waals surface area contributed by atoms with Gasteiger partial charge in [0.1, 0.15) is 0 Å². The molecule has 6 rings (SSSR count). The first-order chi connectivity index (χ1) is 18.2. The summed E-state index contributed by atoms with van der Waals surface area (Å²) in [5.41, 5.74) is 4.64. The Morgan fingerprint density at radius 2 is 0.842 bits per heavy atom. The van der Waals surface area contributed by atoms with Crippen molar-refractivity contribution in [3.63, 3.8) is 0 Å². The molecule has 0 aliphatic carbocycles. The molecule has 0 atom stereocenters. The van der Waals surface area contributed by atoms with E-state index >= 15 is 0 Å². The number of rotatable bonds is 2. The predicted molar refractivity (Wildman–Crippen MR) is 193 cm³/mol. The topological polar surface area (TPSA) is 17.1 Å². The first kappa shape index (κ1) is 29.2. The van der Waals surface area contributed by atoms with Crippen molar-refractivity contribution in [2.24, 2.45) is 0 Å². The molecule has 8 heteroatoms. The molecule has 0 fully saturated rings. The summed E-state index contributed by atoms with van der Waals surface area (Å²) in [5, 5.41) is 2.74. The van der Waals surface area contributed by atoms with Crippen molar-refractivity contribution in [2.75, 3.05) is 0 Å². The lowest BCUT2D eigenvalue weighted by molar-refractivity contribution is 0.593. The molecule has 0 spiro atoms. The Balaban J connectivity index is 0.000000163. The van der Waals surface area contributed by atoms with Crippen LogP contribution in [0.1, 0.15) is 0 Å². The molecule has 0 amide bonds. The number of hydrogen-bond acceptors (Lipinski definition) is 1. The van der Waals surface area contributed by atoms with Gasteiger partial charge < -0.3 is 4.57 Å². The maximum atomic E-state index is 14.1. The lowest BCUT2D eigenvalue weighted by atomic mass is 10.1. The maximum absolute atomic E-state index is 14.1. The summed E-state index contributed by atoms with van der Waals surface area (Å²) in [6.07, 6.45) is 0. The first-order valence-electron chi connectivity index (χ1n) is 11.4. The highest BCUT2D eigenvalue weighted by atomic mass is 127. The largest absolute Gasteiger partial charge is 0.309 e. The molecule has 5 aromatic rings. The molecule has 0 aromatic heterocycles. The second-order valence-corrected chi connectivity index (χ2v) is 17.2. The quantitative estimate of drug-likeness (QED) is 0.125. The molecule has 0 saturated carbocycles. The predicted octanol–water partition coefficient (Wildman–Crippen LogP) is 10.9. The van der Waals surface area contributed by atoms with E-state index in [1.165, 1.54) is 18.3 Å². The molecule has 0 N–H and O–H groups in total. The van der Waals surface area contributed by atoms with Gasteiger partial charge in [-0.2, -0.15) is 0 Å². The molecule has 1 nitrogen and oxygen atoms in total. The number of fused-ring (bicyclic) bond motifs is 3. The van der Waals surface area contributed by atoms with Crippen molar-refractivity contribution in [1.82, 2.24) is 0 Å². The van der Waals surface area contributed by atoms with Gasteiger partial charge in [-0.1, -0.05) is 94.1 Å². The molecule has 0 unspecified atom stereocenters. The molecule has 5 aromatic carbocycles. The standard InChI is InChI=1S/C18H11Br2OP.C12H6Br2I2/c19-12-6-8-17-15(10-12)16-11-13(20)7-9-18(16)22(17,21)14-4-2-1-3-5-14;13-7-1-3-11(15)9(5-7)10-6-8(14)2-4-12(10)16/h1-11H;1-6H. The van der Waals surface area contributed by atoms with Crippen molar-refractivity contribution >= 4 is 132 Å². The summed E-state index contributed by atoms with van der Waals surface area (Å²) in [5.74, 6) is 0. The SMILES string of the molecule is Brc1ccc(I)c(-c2cc(Br)ccc2I)c1.O=P1(c2ccccc2)c2ccc(Br)cc2-c2cc(Br)ccc21. The third kappa shape index (κ3) is 5.86. The van der Waals surface area contributed by atoms with Crippen LogP contribution in [-0.4, -0.2) is 0 Å². The van der Waals surface area contributed by atoms with Crippen molar-refractivity contribution in [2.45, 2.75) is 0 Å². The van der Waals surface area contributed by atoms with E-state index in [-0.39, 0.29) is 0 Å². The fraction of sp³-hybridized carbons (Fsp3) is 0. The van der Waals surface area contributed by atoms with Crippen molar-refractivity contribution in [3.05, 3.63) is 128 Å². The zero-order valence-electron chi connectivity index (χ0n) is 19.4. The highest BCUT2D eigenvalue weighted by molar-refractivity contribution is 14.1. The van der Waals surface area contributed by atoms with Gasteiger partial charge in [-0.3, -0.25) is 0 Å². The van der Waals surface area contributed by atoms with Gasteiger partial charge in [0, 0.05) is 40.9 Å². The van der Waals surface area contributed by atoms with Crippen LogP contribution in [0.4, 0.5) is 0 Å². The molecule has 1 heterocycles. The summed E-state index contributed by atoms with van der Waals surface area (Å²) in [6, 6.07) is 34.5. The minimum Gasteiger partial charge on any atom is -0.309 e. The molecule has 1 aliphatic heterocycles. The van der Waals surface area contributed by atoms with Crippen LogP contribution in [0.25, 0.3) is 22.3 Å². The van der Waals surface area contributed by atoms with Gasteiger partial charge in [0.25, 0.3) is 0 Å². The molecule has 190 valence electrons. The molecular formula is C30H17Br4I2OP. The molecular weight excluding hydrogens is 981 g/mol. The van der Waals surface area contributed by atoms with Crippen LogP contribution >= 0.6 is 116 Å². The summed E-state index contributed by atoms with van der Waals surface area (Å²) in [4.78, 5) is 0. The van der Waals surface area contributed by atoms with Crippen LogP contribution in [0.2, 0.25) is 0 Å². The first-order valence-corrected chi connectivity index (χ1v) is 18.4. The highest BCUT2D eigenvalue weighted by Gasteiger charge is 2.40. The normalized spacial score (nSPS) is 12.8. The van der Waals surface area contributed by atoms with E-state index in [0.29, 0.717) is 0 Å². The summed E-state index contributed by atoms with van der Waals surface area (Å²) >= 11 is 18.8. The van der Waals surface area contributed by atoms with E-state index < -0.39 is 7.14 Å². The van der Waals surface area contributed by atoms with E-state index in [4.69, 9.17) is 0 Å². The third-order valence-corrected chi connectivity index (χ3v) is 13.2. The van der Waals surface area contributed by atoms with E-state index in [2.05, 4.69) is 157 Å². The Bertz CT molecular complexity index is 1620. The second-order valence-electron chi connectivity index (χ2n) is 8.52. The Morgan fingerprint density at radius 1 is 0.474 bits per heavy atom. The highest BCUT2D eigenvalue weighted by Crippen LogP contribution is 2.52. The Labute approximate surface area is 283 Å². The van der Waals surface area contributed by atoms with Crippen molar-refractivity contribution in [3.8, 4) is 22.3 Å². The van der Waals surface area contributed by atoms with Gasteiger partial charge >= 0.3 is 0 Å². The minimum absolute atomic E-state index is 0.889. The third-order valence-electron chi connectivity index (χ3n) is 6.15. The van der Waals surface area contributed by atoms with Crippen molar-refractivity contribution in [1.29, 1.82) is 0 Å². The van der Waals surface area contributed by atoms with Gasteiger partial charge in [-0.05, 0) is 140 Å². The van der Waals surface area contributed by atoms with Gasteiger partial charge in [-0.25, -0.2) is 0 Å². The monoisotopic (exact) mass is 994 g/mol. The number of benzene rings is 5. The summed E-state index contributed by atoms with van der Waals surface area (Å²) in [6.45, 7) is 0. The summed E-state index contributed by atoms with van der Waals surface area (Å²) < 4.78 is 20.8. The fourth-order valence-electron chi connectivity index (χ4n) is 4.45. The number of halogens is 6. The van der Waals surface area contributed by atoms with Crippen LogP contribution < -0.4 is 15.9 Å². The van der Waals surface area contributed by atoms with E-state index in [1.807, 2.05) is 54.6 Å². The van der Waals surface area contributed by atoms with Gasteiger partial charge in [0.15, 0.2) is 7.14 Å². The van der Waals surface area contributed by atoms with Crippen molar-refractivity contribution < 1.29 is 4.57 Å². The maximum Gasteiger partial charge on any atom is 0.172 e. The number of hydrogen-bond donors (Lipinski definition) is 0. The fourth-order valence-corrected chi connectivity index (χ4v) is 10.2. The second kappa shape index (κ2) is 12.3. The Morgan fingerprint density at radius 3 is 1.26 bits per heavy atom. The van der Waals surface area contributed by atoms with Gasteiger partial charge in [0.05, 0.1) is 0 Å². The zero-order valence-corrected chi connectivity index (χ0v) is 31.0. The lowest BCUT2D eigenvalue weighted by Gasteiger charge is -2.15. The smallest absolute Gasteiger partial charge is 0.172 e. The minimum atomic E-state index is -2.78. The van der Waals surface area contributed by atoms with Crippen LogP contribution in [0.5, 0.6) is 0 Å². The van der Waals surface area contributed by atoms with Crippen LogP contribution in [0.3, 0.4) is 0 Å². The molecule has 0 radical (unpaired) electrons. The molecule has 0 saturated heterocycles. The Kier molecular flexibility index (Phi) is 9.45. The average Bonchev–Trinajstić information content (AvgIpc) is 3.15. The van der Waals surface area contributed by atoms with Gasteiger partial charge in [-0.15, -0.1) is 0 Å². The summed E-state index contributed by atoms with van der Waals surface area (Å²) in [7, 11) is -2.78. The Hall–Kier alpha value is -0.290. The molecule has 38 heavy (non-hydrogen) atoms. The van der Waals surface area contributed by atoms with E-state index in [0.717, 1.165) is 44.9 Å². The van der Waals surface area contributed by atoms with Gasteiger partial charge in [0.2, 0.25) is 0 Å². The van der Waals surface area contributed by atoms with E-state index in [9.17, 15) is 4.57 Å². The molecule has 1 aliphatic rings. The van der Waals surface area contributed by atoms with Crippen LogP contribution in [0, 0.1) is 7.14 Å². The van der Waals surface area contributed by atoms with Crippen LogP contribution in [-0.2, 0) is 4.57 Å². The molecule has 0 bridgehead atoms. The lowest BCUT2D eigenvalue weighted by Crippen LogP contribution is -2.20. The zero-order chi connectivity index (χ0) is 27.0.